The molecule has 2 aromatic heterocycles. The van der Waals surface area contributed by atoms with Gasteiger partial charge in [-0.05, 0) is 48.9 Å². The van der Waals surface area contributed by atoms with Crippen molar-refractivity contribution in [2.24, 2.45) is 0 Å². The van der Waals surface area contributed by atoms with E-state index in [0.29, 0.717) is 5.69 Å². The molecule has 0 saturated carbocycles. The third kappa shape index (κ3) is 3.67. The first-order chi connectivity index (χ1) is 14.1. The van der Waals surface area contributed by atoms with Gasteiger partial charge in [-0.1, -0.05) is 18.2 Å². The van der Waals surface area contributed by atoms with Gasteiger partial charge in [-0.25, -0.2) is 14.6 Å². The van der Waals surface area contributed by atoms with Crippen LogP contribution in [-0.2, 0) is 0 Å². The smallest absolute Gasteiger partial charge is 0.272 e. The highest BCUT2D eigenvalue weighted by molar-refractivity contribution is 5.95. The second kappa shape index (κ2) is 7.71. The lowest BCUT2D eigenvalue weighted by Gasteiger charge is -2.25. The number of nitrogens with zero attached hydrogens (tertiary/aromatic N) is 5. The maximum atomic E-state index is 13.0. The number of carbonyl (C=O) groups excluding carboxylic acids is 1. The predicted molar refractivity (Wildman–Crippen MR) is 110 cm³/mol. The normalized spacial score (nSPS) is 12.0. The molecule has 2 aromatic carbocycles. The summed E-state index contributed by atoms with van der Waals surface area (Å²) in [5, 5.41) is 5.06. The molecule has 1 amide bonds. The average Bonchev–Trinajstić information content (AvgIpc) is 3.32. The van der Waals surface area contributed by atoms with Gasteiger partial charge in [-0.3, -0.25) is 4.79 Å². The van der Waals surface area contributed by atoms with E-state index >= 15 is 0 Å². The van der Waals surface area contributed by atoms with Gasteiger partial charge in [-0.15, -0.1) is 0 Å². The van der Waals surface area contributed by atoms with Crippen molar-refractivity contribution in [1.82, 2.24) is 24.6 Å². The molecule has 0 radical (unpaired) electrons. The van der Waals surface area contributed by atoms with Crippen LogP contribution in [0.15, 0.2) is 67.3 Å². The van der Waals surface area contributed by atoms with Crippen LogP contribution in [0.3, 0.4) is 0 Å². The Kier molecular flexibility index (Phi) is 4.95. The molecular formula is C22H21N5O2. The minimum absolute atomic E-state index is 0.110. The average molecular weight is 387 g/mol. The molecule has 0 saturated heterocycles. The van der Waals surface area contributed by atoms with E-state index in [2.05, 4.69) is 15.1 Å². The van der Waals surface area contributed by atoms with Gasteiger partial charge in [-0.2, -0.15) is 5.10 Å². The largest absolute Gasteiger partial charge is 0.497 e. The third-order valence-electron chi connectivity index (χ3n) is 5.08. The van der Waals surface area contributed by atoms with Gasteiger partial charge in [0.25, 0.3) is 5.91 Å². The van der Waals surface area contributed by atoms with E-state index in [9.17, 15) is 4.79 Å². The molecule has 7 heteroatoms. The summed E-state index contributed by atoms with van der Waals surface area (Å²) in [6.07, 6.45) is 3.14. The summed E-state index contributed by atoms with van der Waals surface area (Å²) < 4.78 is 6.93. The summed E-state index contributed by atoms with van der Waals surface area (Å²) in [5.41, 5.74) is 3.11. The Morgan fingerprint density at radius 3 is 2.59 bits per heavy atom. The van der Waals surface area contributed by atoms with Crippen molar-refractivity contribution < 1.29 is 9.53 Å². The zero-order valence-corrected chi connectivity index (χ0v) is 16.5. The van der Waals surface area contributed by atoms with Crippen LogP contribution >= 0.6 is 0 Å². The first-order valence-corrected chi connectivity index (χ1v) is 9.24. The summed E-state index contributed by atoms with van der Waals surface area (Å²) >= 11 is 0. The van der Waals surface area contributed by atoms with Crippen molar-refractivity contribution in [3.63, 3.8) is 0 Å². The van der Waals surface area contributed by atoms with Crippen molar-refractivity contribution >= 4 is 16.8 Å². The maximum absolute atomic E-state index is 13.0. The van der Waals surface area contributed by atoms with E-state index in [1.807, 2.05) is 55.5 Å². The number of amides is 1. The number of aromatic nitrogens is 4. The summed E-state index contributed by atoms with van der Waals surface area (Å²) in [7, 11) is 3.42. The molecule has 4 aromatic rings. The van der Waals surface area contributed by atoms with Crippen molar-refractivity contribution in [1.29, 1.82) is 0 Å². The Morgan fingerprint density at radius 2 is 1.90 bits per heavy atom. The van der Waals surface area contributed by atoms with Crippen LogP contribution in [0, 0.1) is 0 Å². The van der Waals surface area contributed by atoms with Crippen LogP contribution in [0.4, 0.5) is 0 Å². The van der Waals surface area contributed by atoms with E-state index in [-0.39, 0.29) is 11.9 Å². The fourth-order valence-electron chi connectivity index (χ4n) is 3.18. The van der Waals surface area contributed by atoms with Gasteiger partial charge in [0.15, 0.2) is 0 Å². The molecule has 0 fully saturated rings. The van der Waals surface area contributed by atoms with Crippen LogP contribution in [0.25, 0.3) is 16.6 Å². The minimum atomic E-state index is -0.129. The van der Waals surface area contributed by atoms with E-state index in [1.165, 1.54) is 6.33 Å². The molecule has 0 aliphatic carbocycles. The molecule has 0 aliphatic rings. The number of rotatable bonds is 5. The first-order valence-electron chi connectivity index (χ1n) is 9.24. The summed E-state index contributed by atoms with van der Waals surface area (Å²) in [5.74, 6) is 0.633. The van der Waals surface area contributed by atoms with Gasteiger partial charge in [0.1, 0.15) is 24.1 Å². The SMILES string of the molecule is COc1ccc2nc(C(=O)N(C)C(C)c3ccc(-n4cncn4)cc3)ccc2c1. The fraction of sp³-hybridized carbons (Fsp3) is 0.182. The lowest BCUT2D eigenvalue weighted by atomic mass is 10.1. The molecule has 146 valence electrons. The number of ether oxygens (including phenoxy) is 1. The number of carbonyl (C=O) groups is 1. The molecule has 29 heavy (non-hydrogen) atoms. The zero-order chi connectivity index (χ0) is 20.4. The molecule has 0 bridgehead atoms. The third-order valence-corrected chi connectivity index (χ3v) is 5.08. The van der Waals surface area contributed by atoms with Crippen molar-refractivity contribution in [2.45, 2.75) is 13.0 Å². The van der Waals surface area contributed by atoms with Crippen LogP contribution in [0.2, 0.25) is 0 Å². The molecular weight excluding hydrogens is 366 g/mol. The van der Waals surface area contributed by atoms with E-state index < -0.39 is 0 Å². The Morgan fingerprint density at radius 1 is 1.10 bits per heavy atom. The number of hydrogen-bond donors (Lipinski definition) is 0. The quantitative estimate of drug-likeness (QED) is 0.523. The molecule has 4 rings (SSSR count). The van der Waals surface area contributed by atoms with E-state index in [4.69, 9.17) is 4.74 Å². The second-order valence-electron chi connectivity index (χ2n) is 6.78. The molecule has 7 nitrogen and oxygen atoms in total. The number of benzene rings is 2. The highest BCUT2D eigenvalue weighted by Crippen LogP contribution is 2.23. The molecule has 0 aliphatic heterocycles. The van der Waals surface area contributed by atoms with Crippen molar-refractivity contribution in [2.75, 3.05) is 14.2 Å². The highest BCUT2D eigenvalue weighted by Gasteiger charge is 2.20. The highest BCUT2D eigenvalue weighted by atomic mass is 16.5. The number of fused-ring (bicyclic) bond motifs is 1. The van der Waals surface area contributed by atoms with E-state index in [0.717, 1.165) is 27.9 Å². The minimum Gasteiger partial charge on any atom is -0.497 e. The number of hydrogen-bond acceptors (Lipinski definition) is 5. The zero-order valence-electron chi connectivity index (χ0n) is 16.5. The number of pyridine rings is 1. The molecule has 1 atom stereocenters. The summed E-state index contributed by atoms with van der Waals surface area (Å²) in [6, 6.07) is 17.0. The fourth-order valence-corrected chi connectivity index (χ4v) is 3.18. The predicted octanol–water partition coefficient (Wildman–Crippen LogP) is 3.66. The Balaban J connectivity index is 1.54. The molecule has 1 unspecified atom stereocenters. The maximum Gasteiger partial charge on any atom is 0.272 e. The second-order valence-corrected chi connectivity index (χ2v) is 6.78. The van der Waals surface area contributed by atoms with E-state index in [1.54, 1.807) is 36.1 Å². The summed E-state index contributed by atoms with van der Waals surface area (Å²) in [4.78, 5) is 23.2. The lowest BCUT2D eigenvalue weighted by Crippen LogP contribution is -2.30. The van der Waals surface area contributed by atoms with Crippen LogP contribution < -0.4 is 4.74 Å². The Labute approximate surface area is 168 Å². The van der Waals surface area contributed by atoms with Gasteiger partial charge in [0.05, 0.1) is 24.4 Å². The summed E-state index contributed by atoms with van der Waals surface area (Å²) in [6.45, 7) is 1.99. The van der Waals surface area contributed by atoms with Gasteiger partial charge in [0.2, 0.25) is 0 Å². The van der Waals surface area contributed by atoms with Crippen LogP contribution in [-0.4, -0.2) is 44.7 Å². The topological polar surface area (TPSA) is 73.1 Å². The molecule has 0 N–H and O–H groups in total. The monoisotopic (exact) mass is 387 g/mol. The van der Waals surface area contributed by atoms with Crippen LogP contribution in [0.5, 0.6) is 5.75 Å². The Hall–Kier alpha value is -3.74. The van der Waals surface area contributed by atoms with Gasteiger partial charge >= 0.3 is 0 Å². The van der Waals surface area contributed by atoms with Crippen molar-refractivity contribution in [3.05, 3.63) is 78.5 Å². The Bertz CT molecular complexity index is 1140. The number of methoxy groups -OCH3 is 1. The van der Waals surface area contributed by atoms with Gasteiger partial charge < -0.3 is 9.64 Å². The van der Waals surface area contributed by atoms with Gasteiger partial charge in [0, 0.05) is 12.4 Å². The standard InChI is InChI=1S/C22H21N5O2/c1-15(16-4-7-18(8-5-16)27-14-23-13-24-27)26(2)22(28)21-10-6-17-12-19(29-3)9-11-20(17)25-21/h4-15H,1-3H3. The lowest BCUT2D eigenvalue weighted by molar-refractivity contribution is 0.0737. The van der Waals surface area contributed by atoms with Crippen molar-refractivity contribution in [3.8, 4) is 11.4 Å². The molecule has 0 spiro atoms. The van der Waals surface area contributed by atoms with Crippen LogP contribution in [0.1, 0.15) is 29.0 Å². The first kappa shape index (κ1) is 18.6. The molecule has 2 heterocycles.